The Labute approximate surface area is 99.9 Å². The Balaban J connectivity index is 2.35. The summed E-state index contributed by atoms with van der Waals surface area (Å²) in [4.78, 5) is 8.71. The third-order valence-corrected chi connectivity index (χ3v) is 3.90. The van der Waals surface area contributed by atoms with Gasteiger partial charge in [0.15, 0.2) is 0 Å². The molecule has 0 amide bonds. The molecule has 0 aliphatic carbocycles. The predicted octanol–water partition coefficient (Wildman–Crippen LogP) is 2.79. The number of fused-ring (bicyclic) bond motifs is 1. The fourth-order valence-electron chi connectivity index (χ4n) is 1.87. The van der Waals surface area contributed by atoms with E-state index >= 15 is 0 Å². The van der Waals surface area contributed by atoms with E-state index in [0.29, 0.717) is 12.0 Å². The van der Waals surface area contributed by atoms with Crippen molar-refractivity contribution in [2.75, 3.05) is 6.54 Å². The van der Waals surface area contributed by atoms with Gasteiger partial charge in [0.2, 0.25) is 0 Å². The lowest BCUT2D eigenvalue weighted by Crippen LogP contribution is -2.31. The van der Waals surface area contributed by atoms with Gasteiger partial charge in [-0.2, -0.15) is 0 Å². The Morgan fingerprint density at radius 3 is 2.94 bits per heavy atom. The molecule has 0 aliphatic heterocycles. The van der Waals surface area contributed by atoms with Crippen LogP contribution >= 0.6 is 11.3 Å². The summed E-state index contributed by atoms with van der Waals surface area (Å²) in [7, 11) is 0. The first-order valence-corrected chi connectivity index (χ1v) is 6.53. The molecule has 4 heteroatoms. The van der Waals surface area contributed by atoms with Gasteiger partial charge in [-0.05, 0) is 24.9 Å². The molecule has 1 N–H and O–H groups in total. The number of thiophene rings is 1. The molecule has 3 nitrogen and oxygen atoms in total. The average Bonchev–Trinajstić information content (AvgIpc) is 2.76. The summed E-state index contributed by atoms with van der Waals surface area (Å²) < 4.78 is 1.22. The van der Waals surface area contributed by atoms with Crippen LogP contribution in [-0.4, -0.2) is 22.6 Å². The molecule has 0 aliphatic rings. The van der Waals surface area contributed by atoms with Crippen molar-refractivity contribution < 1.29 is 0 Å². The van der Waals surface area contributed by atoms with Gasteiger partial charge in [-0.25, -0.2) is 9.97 Å². The van der Waals surface area contributed by atoms with Crippen LogP contribution in [0, 0.1) is 0 Å². The minimum Gasteiger partial charge on any atom is -0.314 e. The van der Waals surface area contributed by atoms with Crippen LogP contribution in [0.4, 0.5) is 0 Å². The molecule has 2 rings (SSSR count). The molecular weight excluding hydrogens is 218 g/mol. The van der Waals surface area contributed by atoms with Crippen LogP contribution in [0.3, 0.4) is 0 Å². The van der Waals surface area contributed by atoms with Crippen molar-refractivity contribution in [3.63, 3.8) is 0 Å². The van der Waals surface area contributed by atoms with Gasteiger partial charge >= 0.3 is 0 Å². The minimum absolute atomic E-state index is 0.407. The lowest BCUT2D eigenvalue weighted by Gasteiger charge is -2.20. The Bertz CT molecular complexity index is 466. The van der Waals surface area contributed by atoms with Gasteiger partial charge in [-0.15, -0.1) is 11.3 Å². The van der Waals surface area contributed by atoms with E-state index in [9.17, 15) is 0 Å². The van der Waals surface area contributed by atoms with Crippen molar-refractivity contribution >= 4 is 21.6 Å². The van der Waals surface area contributed by atoms with Gasteiger partial charge in [0.1, 0.15) is 6.33 Å². The van der Waals surface area contributed by atoms with Crippen LogP contribution in [0.15, 0.2) is 17.8 Å². The molecular formula is C12H17N3S. The molecule has 0 fully saturated rings. The van der Waals surface area contributed by atoms with Gasteiger partial charge in [0.25, 0.3) is 0 Å². The highest BCUT2D eigenvalue weighted by molar-refractivity contribution is 7.17. The number of hydrogen-bond acceptors (Lipinski definition) is 4. The number of likely N-dealkylation sites (N-methyl/N-ethyl adjacent to an activating group) is 1. The quantitative estimate of drug-likeness (QED) is 0.885. The van der Waals surface area contributed by atoms with E-state index in [1.807, 2.05) is 0 Å². The van der Waals surface area contributed by atoms with Crippen LogP contribution in [-0.2, 0) is 0 Å². The molecule has 0 saturated heterocycles. The van der Waals surface area contributed by atoms with E-state index in [0.717, 1.165) is 17.8 Å². The second kappa shape index (κ2) is 4.89. The van der Waals surface area contributed by atoms with Crippen LogP contribution in [0.5, 0.6) is 0 Å². The summed E-state index contributed by atoms with van der Waals surface area (Å²) in [6.07, 6.45) is 1.67. The second-order valence-corrected chi connectivity index (χ2v) is 4.95. The highest BCUT2D eigenvalue weighted by Gasteiger charge is 2.18. The van der Waals surface area contributed by atoms with Crippen LogP contribution in [0.1, 0.15) is 32.4 Å². The van der Waals surface area contributed by atoms with Gasteiger partial charge in [-0.3, -0.25) is 0 Å². The number of aromatic nitrogens is 2. The van der Waals surface area contributed by atoms with E-state index < -0.39 is 0 Å². The van der Waals surface area contributed by atoms with Crippen LogP contribution in [0.2, 0.25) is 0 Å². The number of rotatable bonds is 4. The summed E-state index contributed by atoms with van der Waals surface area (Å²) >= 11 is 1.72. The highest BCUT2D eigenvalue weighted by atomic mass is 32.1. The number of hydrogen-bond donors (Lipinski definition) is 1. The first-order valence-electron chi connectivity index (χ1n) is 5.65. The molecule has 86 valence electrons. The van der Waals surface area contributed by atoms with Crippen LogP contribution < -0.4 is 5.32 Å². The topological polar surface area (TPSA) is 37.8 Å². The SMILES string of the molecule is CCNC(C)C(C)c1ncnc2ccsc12. The fraction of sp³-hybridized carbons (Fsp3) is 0.500. The zero-order chi connectivity index (χ0) is 11.5. The number of nitrogens with one attached hydrogen (secondary N) is 1. The first-order chi connectivity index (χ1) is 7.74. The van der Waals surface area contributed by atoms with Crippen molar-refractivity contribution in [2.45, 2.75) is 32.7 Å². The molecule has 2 aromatic heterocycles. The fourth-order valence-corrected chi connectivity index (χ4v) is 2.80. The molecule has 2 heterocycles. The van der Waals surface area contributed by atoms with E-state index in [-0.39, 0.29) is 0 Å². The summed E-state index contributed by atoms with van der Waals surface area (Å²) in [6, 6.07) is 2.49. The van der Waals surface area contributed by atoms with Gasteiger partial charge in [0, 0.05) is 12.0 Å². The molecule has 2 aromatic rings. The molecule has 0 spiro atoms. The van der Waals surface area contributed by atoms with Crippen LogP contribution in [0.25, 0.3) is 10.2 Å². The van der Waals surface area contributed by atoms with Crippen molar-refractivity contribution in [1.82, 2.24) is 15.3 Å². The number of nitrogens with zero attached hydrogens (tertiary/aromatic N) is 2. The Morgan fingerprint density at radius 1 is 1.38 bits per heavy atom. The average molecular weight is 235 g/mol. The molecule has 16 heavy (non-hydrogen) atoms. The van der Waals surface area contributed by atoms with E-state index in [4.69, 9.17) is 0 Å². The molecule has 2 atom stereocenters. The van der Waals surface area contributed by atoms with Gasteiger partial charge in [-0.1, -0.05) is 13.8 Å². The molecule has 0 bridgehead atoms. The third kappa shape index (κ3) is 2.08. The largest absolute Gasteiger partial charge is 0.314 e. The summed E-state index contributed by atoms with van der Waals surface area (Å²) in [6.45, 7) is 7.54. The molecule has 2 unspecified atom stereocenters. The third-order valence-electron chi connectivity index (χ3n) is 2.98. The normalized spacial score (nSPS) is 15.2. The Morgan fingerprint density at radius 2 is 2.19 bits per heavy atom. The summed E-state index contributed by atoms with van der Waals surface area (Å²) in [5.41, 5.74) is 2.22. The van der Waals surface area contributed by atoms with Crippen molar-refractivity contribution in [2.24, 2.45) is 0 Å². The zero-order valence-corrected chi connectivity index (χ0v) is 10.7. The summed E-state index contributed by atoms with van der Waals surface area (Å²) in [5, 5.41) is 5.52. The molecule has 0 aromatic carbocycles. The van der Waals surface area contributed by atoms with Crippen molar-refractivity contribution in [3.05, 3.63) is 23.5 Å². The van der Waals surface area contributed by atoms with E-state index in [1.54, 1.807) is 17.7 Å². The molecule has 0 saturated carbocycles. The maximum atomic E-state index is 4.44. The Kier molecular flexibility index (Phi) is 3.51. The Hall–Kier alpha value is -1.000. The molecule has 0 radical (unpaired) electrons. The minimum atomic E-state index is 0.407. The highest BCUT2D eigenvalue weighted by Crippen LogP contribution is 2.28. The van der Waals surface area contributed by atoms with E-state index in [2.05, 4.69) is 47.5 Å². The second-order valence-electron chi connectivity index (χ2n) is 4.03. The summed E-state index contributed by atoms with van der Waals surface area (Å²) in [5.74, 6) is 0.407. The van der Waals surface area contributed by atoms with Gasteiger partial charge in [0.05, 0.1) is 15.9 Å². The lowest BCUT2D eigenvalue weighted by atomic mass is 9.99. The lowest BCUT2D eigenvalue weighted by molar-refractivity contribution is 0.490. The predicted molar refractivity (Wildman–Crippen MR) is 69.0 cm³/mol. The van der Waals surface area contributed by atoms with Gasteiger partial charge < -0.3 is 5.32 Å². The maximum absolute atomic E-state index is 4.44. The first kappa shape index (κ1) is 11.5. The van der Waals surface area contributed by atoms with Crippen molar-refractivity contribution in [3.8, 4) is 0 Å². The van der Waals surface area contributed by atoms with E-state index in [1.165, 1.54) is 4.70 Å². The monoisotopic (exact) mass is 235 g/mol. The van der Waals surface area contributed by atoms with Crippen molar-refractivity contribution in [1.29, 1.82) is 0 Å². The standard InChI is InChI=1S/C12H17N3S/c1-4-13-9(3)8(2)11-12-10(5-6-16-12)14-7-15-11/h5-9,13H,4H2,1-3H3. The smallest absolute Gasteiger partial charge is 0.116 e. The maximum Gasteiger partial charge on any atom is 0.116 e. The zero-order valence-electron chi connectivity index (χ0n) is 9.90.